The molecule has 0 amide bonds. The molecular weight excluding hydrogens is 805 g/mol. The van der Waals surface area contributed by atoms with Crippen molar-refractivity contribution in [2.24, 2.45) is 0 Å². The van der Waals surface area contributed by atoms with Gasteiger partial charge >= 0.3 is 11.9 Å². The monoisotopic (exact) mass is 854 g/mol. The Morgan fingerprint density at radius 2 is 1.47 bits per heavy atom. The molecule has 0 bridgehead atoms. The number of carbonyl (C=O) groups excluding carboxylic acids is 2. The summed E-state index contributed by atoms with van der Waals surface area (Å²) in [7, 11) is 1.91. The highest BCUT2D eigenvalue weighted by atomic mass is 16.7. The second-order valence-corrected chi connectivity index (χ2v) is 16.2. The number of rotatable bonds is 14. The maximum atomic E-state index is 13.8. The van der Waals surface area contributed by atoms with Crippen LogP contribution in [0.15, 0.2) is 146 Å². The lowest BCUT2D eigenvalue weighted by Gasteiger charge is -2.36. The molecule has 13 heteroatoms. The first kappa shape index (κ1) is 41.9. The van der Waals surface area contributed by atoms with E-state index in [4.69, 9.17) is 29.5 Å². The molecule has 0 aliphatic carbocycles. The zero-order chi connectivity index (χ0) is 44.2. The Hall–Kier alpha value is -7.38. The third kappa shape index (κ3) is 7.94. The van der Waals surface area contributed by atoms with Gasteiger partial charge in [-0.15, -0.1) is 5.10 Å². The van der Waals surface area contributed by atoms with Crippen molar-refractivity contribution >= 4 is 23.0 Å². The fourth-order valence-corrected chi connectivity index (χ4v) is 8.97. The molecule has 13 nitrogen and oxygen atoms in total. The topological polar surface area (TPSA) is 131 Å². The third-order valence-electron chi connectivity index (χ3n) is 11.9. The number of likely N-dealkylation sites (N-methyl/N-ethyl adjacent to an activating group) is 1. The van der Waals surface area contributed by atoms with Crippen molar-refractivity contribution in [1.82, 2.24) is 39.2 Å². The molecule has 1 fully saturated rings. The summed E-state index contributed by atoms with van der Waals surface area (Å²) in [5.41, 5.74) is 7.22. The van der Waals surface area contributed by atoms with Gasteiger partial charge in [0.2, 0.25) is 12.1 Å². The molecule has 0 saturated carbocycles. The van der Waals surface area contributed by atoms with Gasteiger partial charge in [-0.25, -0.2) is 9.48 Å². The number of aryl methyl sites for hydroxylation is 1. The number of imidazole rings is 1. The molecule has 4 heterocycles. The highest BCUT2D eigenvalue weighted by Gasteiger charge is 2.42. The van der Waals surface area contributed by atoms with Crippen molar-refractivity contribution in [1.29, 1.82) is 0 Å². The smallest absolute Gasteiger partial charge is 0.343 e. The molecule has 0 radical (unpaired) electrons. The van der Waals surface area contributed by atoms with Crippen LogP contribution in [0.3, 0.4) is 0 Å². The van der Waals surface area contributed by atoms with Crippen molar-refractivity contribution in [3.05, 3.63) is 179 Å². The number of aromatic nitrogens is 7. The Bertz CT molecular complexity index is 2780. The van der Waals surface area contributed by atoms with Crippen LogP contribution >= 0.6 is 0 Å². The van der Waals surface area contributed by atoms with Crippen molar-refractivity contribution in [3.8, 4) is 23.2 Å². The first-order chi connectivity index (χ1) is 31.3. The van der Waals surface area contributed by atoms with E-state index in [9.17, 15) is 9.59 Å². The van der Waals surface area contributed by atoms with Crippen LogP contribution in [-0.2, 0) is 26.4 Å². The second-order valence-electron chi connectivity index (χ2n) is 16.2. The van der Waals surface area contributed by atoms with E-state index >= 15 is 0 Å². The number of benzene rings is 5. The lowest BCUT2D eigenvalue weighted by Crippen LogP contribution is -2.44. The summed E-state index contributed by atoms with van der Waals surface area (Å²) in [6.45, 7) is 7.05. The van der Waals surface area contributed by atoms with Crippen LogP contribution in [0, 0.1) is 6.92 Å². The van der Waals surface area contributed by atoms with Crippen LogP contribution in [0.4, 0.5) is 0 Å². The van der Waals surface area contributed by atoms with Crippen LogP contribution in [0.5, 0.6) is 6.01 Å². The van der Waals surface area contributed by atoms with E-state index < -0.39 is 23.8 Å². The van der Waals surface area contributed by atoms with Gasteiger partial charge in [-0.1, -0.05) is 116 Å². The van der Waals surface area contributed by atoms with E-state index in [1.807, 2.05) is 101 Å². The highest BCUT2D eigenvalue weighted by Crippen LogP contribution is 2.42. The standard InChI is InChI=1S/C51H50N8O5/c1-5-62-50-52-43-25-17-24-42(48(60)63-36(3)64-49(61)44-26-15-16-31-56(44)4)46(43)58(50)34-37-27-29-41(30-28-37)57-33-35(2)32-45(57)47-53-54-55-59(47)51(38-18-9-6-10-19-38,39-20-11-7-12-21-39)40-22-13-8-14-23-40/h6-14,17-25,27-30,32-33,36,44H,5,15-16,26,31,34H2,1-4H3. The average Bonchev–Trinajstić information content (AvgIpc) is 4.05. The average molecular weight is 855 g/mol. The van der Waals surface area contributed by atoms with Crippen LogP contribution < -0.4 is 4.74 Å². The third-order valence-corrected chi connectivity index (χ3v) is 11.9. The molecule has 3 aromatic heterocycles. The highest BCUT2D eigenvalue weighted by molar-refractivity contribution is 6.02. The molecular formula is C51H50N8O5. The molecule has 5 aromatic carbocycles. The molecule has 8 aromatic rings. The normalized spacial score (nSPS) is 14.9. The maximum Gasteiger partial charge on any atom is 0.343 e. The summed E-state index contributed by atoms with van der Waals surface area (Å²) >= 11 is 0. The minimum absolute atomic E-state index is 0.285. The first-order valence-corrected chi connectivity index (χ1v) is 21.7. The second kappa shape index (κ2) is 18.1. The number of likely N-dealkylation sites (tertiary alicyclic amines) is 1. The molecule has 64 heavy (non-hydrogen) atoms. The van der Waals surface area contributed by atoms with Crippen LogP contribution in [0.25, 0.3) is 28.2 Å². The predicted molar refractivity (Wildman–Crippen MR) is 243 cm³/mol. The van der Waals surface area contributed by atoms with Gasteiger partial charge in [-0.05, 0) is 109 Å². The number of hydrogen-bond acceptors (Lipinski definition) is 10. The fraction of sp³-hybridized carbons (Fsp3) is 0.255. The first-order valence-electron chi connectivity index (χ1n) is 21.7. The van der Waals surface area contributed by atoms with Gasteiger partial charge in [-0.3, -0.25) is 14.3 Å². The number of tetrazole rings is 1. The van der Waals surface area contributed by atoms with Crippen LogP contribution in [0.2, 0.25) is 0 Å². The number of piperidine rings is 1. The minimum Gasteiger partial charge on any atom is -0.465 e. The van der Waals surface area contributed by atoms with Gasteiger partial charge in [0, 0.05) is 18.8 Å². The van der Waals surface area contributed by atoms with Gasteiger partial charge in [-0.2, -0.15) is 4.98 Å². The van der Waals surface area contributed by atoms with Gasteiger partial charge in [0.15, 0.2) is 0 Å². The Morgan fingerprint density at radius 3 is 2.09 bits per heavy atom. The summed E-state index contributed by atoms with van der Waals surface area (Å²) in [4.78, 5) is 33.5. The Kier molecular flexibility index (Phi) is 11.9. The number of ether oxygens (including phenoxy) is 3. The number of nitrogens with zero attached hydrogens (tertiary/aromatic N) is 8. The Balaban J connectivity index is 1.04. The van der Waals surface area contributed by atoms with E-state index in [0.29, 0.717) is 42.4 Å². The zero-order valence-electron chi connectivity index (χ0n) is 36.4. The minimum atomic E-state index is -1.08. The largest absolute Gasteiger partial charge is 0.465 e. The van der Waals surface area contributed by atoms with Gasteiger partial charge in [0.05, 0.1) is 35.4 Å². The van der Waals surface area contributed by atoms with E-state index in [1.54, 1.807) is 19.1 Å². The summed E-state index contributed by atoms with van der Waals surface area (Å²) in [5.74, 6) is -0.436. The quantitative estimate of drug-likeness (QED) is 0.0596. The predicted octanol–water partition coefficient (Wildman–Crippen LogP) is 8.61. The van der Waals surface area contributed by atoms with E-state index in [-0.39, 0.29) is 11.6 Å². The molecule has 2 atom stereocenters. The lowest BCUT2D eigenvalue weighted by molar-refractivity contribution is -0.172. The zero-order valence-corrected chi connectivity index (χ0v) is 36.4. The number of para-hydroxylation sites is 1. The summed E-state index contributed by atoms with van der Waals surface area (Å²) in [6.07, 6.45) is 3.69. The molecule has 9 rings (SSSR count). The van der Waals surface area contributed by atoms with Crippen molar-refractivity contribution in [2.45, 2.75) is 64.4 Å². The molecule has 1 aliphatic heterocycles. The summed E-state index contributed by atoms with van der Waals surface area (Å²) in [6, 6.07) is 46.6. The SMILES string of the molecule is CCOc1nc2cccc(C(=O)OC(C)OC(=O)C3CCCCN3C)c2n1Cc1ccc(-n2cc(C)cc2-c2nnnn2C(c2ccccc2)(c2ccccc2)c2ccccc2)cc1. The lowest BCUT2D eigenvalue weighted by atomic mass is 9.77. The number of hydrogen-bond donors (Lipinski definition) is 0. The Morgan fingerprint density at radius 1 is 0.812 bits per heavy atom. The molecule has 0 N–H and O–H groups in total. The molecule has 2 unspecified atom stereocenters. The maximum absolute atomic E-state index is 13.8. The molecule has 324 valence electrons. The number of fused-ring (bicyclic) bond motifs is 1. The van der Waals surface area contributed by atoms with E-state index in [2.05, 4.69) is 77.5 Å². The van der Waals surface area contributed by atoms with E-state index in [1.165, 1.54) is 0 Å². The van der Waals surface area contributed by atoms with Gasteiger partial charge < -0.3 is 18.8 Å². The van der Waals surface area contributed by atoms with Crippen molar-refractivity contribution < 1.29 is 23.8 Å². The van der Waals surface area contributed by atoms with Gasteiger partial charge in [0.25, 0.3) is 6.01 Å². The van der Waals surface area contributed by atoms with Crippen molar-refractivity contribution in [3.63, 3.8) is 0 Å². The number of carbonyl (C=O) groups is 2. The molecule has 1 saturated heterocycles. The molecule has 0 spiro atoms. The number of esters is 2. The molecule has 1 aliphatic rings. The van der Waals surface area contributed by atoms with Crippen LogP contribution in [0.1, 0.15) is 71.3 Å². The van der Waals surface area contributed by atoms with Crippen LogP contribution in [-0.4, -0.2) is 83.7 Å². The fourth-order valence-electron chi connectivity index (χ4n) is 8.97. The van der Waals surface area contributed by atoms with Gasteiger partial charge in [0.1, 0.15) is 11.6 Å². The van der Waals surface area contributed by atoms with Crippen molar-refractivity contribution in [2.75, 3.05) is 20.2 Å². The summed E-state index contributed by atoms with van der Waals surface area (Å²) in [5, 5.41) is 13.8. The summed E-state index contributed by atoms with van der Waals surface area (Å²) < 4.78 is 23.3. The van der Waals surface area contributed by atoms with E-state index in [0.717, 1.165) is 58.6 Å². The Labute approximate surface area is 371 Å².